The van der Waals surface area contributed by atoms with Gasteiger partial charge >= 0.3 is 6.61 Å². The van der Waals surface area contributed by atoms with E-state index < -0.39 is 12.5 Å². The van der Waals surface area contributed by atoms with Crippen LogP contribution < -0.4 is 26.8 Å². The van der Waals surface area contributed by atoms with Gasteiger partial charge in [0.05, 0.1) is 17.6 Å². The minimum absolute atomic E-state index is 0.0591. The number of aryl methyl sites for hydroxylation is 1. The predicted octanol–water partition coefficient (Wildman–Crippen LogP) is 4.58. The van der Waals surface area contributed by atoms with E-state index in [0.29, 0.717) is 17.2 Å². The minimum atomic E-state index is -2.87. The molecule has 8 nitrogen and oxygen atoms in total. The number of hydrogen-bond donors (Lipinski definition) is 4. The van der Waals surface area contributed by atoms with Crippen LogP contribution in [0.3, 0.4) is 0 Å². The summed E-state index contributed by atoms with van der Waals surface area (Å²) in [6, 6.07) is 11.9. The van der Waals surface area contributed by atoms with Crippen LogP contribution in [0, 0.1) is 6.92 Å². The van der Waals surface area contributed by atoms with Crippen molar-refractivity contribution in [2.75, 3.05) is 10.6 Å². The molecule has 35 heavy (non-hydrogen) atoms. The Morgan fingerprint density at radius 1 is 1.14 bits per heavy atom. The van der Waals surface area contributed by atoms with E-state index >= 15 is 0 Å². The Kier molecular flexibility index (Phi) is 7.40. The number of nitrogens with zero attached hydrogens (tertiary/aromatic N) is 2. The third kappa shape index (κ3) is 6.02. The molecule has 1 amide bonds. The van der Waals surface area contributed by atoms with E-state index in [-0.39, 0.29) is 23.5 Å². The fourth-order valence-electron chi connectivity index (χ4n) is 4.28. The molecule has 184 valence electrons. The summed E-state index contributed by atoms with van der Waals surface area (Å²) in [5.74, 6) is -0.0746. The summed E-state index contributed by atoms with van der Waals surface area (Å²) in [6.07, 6.45) is 5.75. The average molecular weight is 483 g/mol. The van der Waals surface area contributed by atoms with Crippen molar-refractivity contribution in [3.63, 3.8) is 0 Å². The molecular formula is C25H28F2N6O2. The molecular weight excluding hydrogens is 454 g/mol. The normalized spacial score (nSPS) is 17.7. The van der Waals surface area contributed by atoms with E-state index in [1.165, 1.54) is 12.1 Å². The summed E-state index contributed by atoms with van der Waals surface area (Å²) in [5, 5.41) is 6.57. The highest BCUT2D eigenvalue weighted by Crippen LogP contribution is 2.29. The molecule has 2 heterocycles. The number of hydrogen-bond acceptors (Lipinski definition) is 7. The van der Waals surface area contributed by atoms with E-state index in [0.717, 1.165) is 42.5 Å². The molecule has 4 rings (SSSR count). The second-order valence-electron chi connectivity index (χ2n) is 8.54. The smallest absolute Gasteiger partial charge is 0.387 e. The van der Waals surface area contributed by atoms with E-state index in [1.54, 1.807) is 30.5 Å². The number of carbonyl (C=O) groups is 1. The van der Waals surface area contributed by atoms with Gasteiger partial charge in [0.25, 0.3) is 5.91 Å². The van der Waals surface area contributed by atoms with Crippen LogP contribution in [0.25, 0.3) is 11.1 Å². The molecule has 0 radical (unpaired) electrons. The first kappa shape index (κ1) is 24.3. The van der Waals surface area contributed by atoms with Gasteiger partial charge in [-0.05, 0) is 55.7 Å². The number of pyridine rings is 2. The molecule has 10 heteroatoms. The monoisotopic (exact) mass is 482 g/mol. The zero-order chi connectivity index (χ0) is 24.9. The van der Waals surface area contributed by atoms with Crippen LogP contribution in [0.1, 0.15) is 41.9 Å². The van der Waals surface area contributed by atoms with E-state index in [4.69, 9.17) is 11.5 Å². The summed E-state index contributed by atoms with van der Waals surface area (Å²) in [5.41, 5.74) is 15.4. The van der Waals surface area contributed by atoms with Gasteiger partial charge in [0.1, 0.15) is 11.6 Å². The number of anilines is 3. The van der Waals surface area contributed by atoms with Crippen molar-refractivity contribution in [2.24, 2.45) is 11.5 Å². The zero-order valence-corrected chi connectivity index (χ0v) is 19.3. The van der Waals surface area contributed by atoms with Crippen molar-refractivity contribution in [1.82, 2.24) is 9.97 Å². The van der Waals surface area contributed by atoms with Crippen LogP contribution in [-0.4, -0.2) is 34.6 Å². The van der Waals surface area contributed by atoms with Gasteiger partial charge in [0.2, 0.25) is 0 Å². The molecule has 0 bridgehead atoms. The number of halogens is 2. The molecule has 1 aromatic carbocycles. The summed E-state index contributed by atoms with van der Waals surface area (Å²) in [6.45, 7) is -1.04. The zero-order valence-electron chi connectivity index (χ0n) is 19.3. The van der Waals surface area contributed by atoms with Gasteiger partial charge in [-0.15, -0.1) is 0 Å². The fraction of sp³-hybridized carbons (Fsp3) is 0.320. The van der Waals surface area contributed by atoms with Gasteiger partial charge in [0.15, 0.2) is 5.69 Å². The summed E-state index contributed by atoms with van der Waals surface area (Å²) in [4.78, 5) is 20.8. The lowest BCUT2D eigenvalue weighted by atomic mass is 9.91. The van der Waals surface area contributed by atoms with Crippen molar-refractivity contribution < 1.29 is 18.3 Å². The number of amides is 1. The summed E-state index contributed by atoms with van der Waals surface area (Å²) >= 11 is 0. The third-order valence-electron chi connectivity index (χ3n) is 6.03. The minimum Gasteiger partial charge on any atom is -0.435 e. The van der Waals surface area contributed by atoms with Crippen LogP contribution in [0.15, 0.2) is 48.7 Å². The molecule has 2 atom stereocenters. The predicted molar refractivity (Wildman–Crippen MR) is 131 cm³/mol. The first-order valence-electron chi connectivity index (χ1n) is 11.4. The van der Waals surface area contributed by atoms with Crippen molar-refractivity contribution >= 4 is 23.1 Å². The molecule has 0 aliphatic heterocycles. The molecule has 1 aliphatic carbocycles. The lowest BCUT2D eigenvalue weighted by Crippen LogP contribution is -2.42. The molecule has 1 fully saturated rings. The number of ether oxygens (including phenoxy) is 1. The highest BCUT2D eigenvalue weighted by molar-refractivity contribution is 5.97. The van der Waals surface area contributed by atoms with Crippen molar-refractivity contribution in [2.45, 2.75) is 51.3 Å². The standard InChI is InChI=1S/C25H28F2N6O2/c1-14-18(15-6-8-17(9-7-15)35-25(26)27)10-11-22(31-14)33-21-12-16(13-30-23(21)24(29)34)32-20-5-3-2-4-19(20)28/h6-13,19-20,25,32H,2-5,28H2,1H3,(H2,29,34)(H,31,33)/t19-,20+/m0/s1. The maximum Gasteiger partial charge on any atom is 0.387 e. The average Bonchev–Trinajstić information content (AvgIpc) is 2.81. The number of rotatable bonds is 8. The molecule has 1 saturated carbocycles. The summed E-state index contributed by atoms with van der Waals surface area (Å²) < 4.78 is 29.2. The van der Waals surface area contributed by atoms with E-state index in [1.807, 2.05) is 13.0 Å². The number of primary amides is 1. The van der Waals surface area contributed by atoms with Gasteiger partial charge < -0.3 is 26.8 Å². The number of nitrogens with two attached hydrogens (primary N) is 2. The van der Waals surface area contributed by atoms with Gasteiger partial charge in [0, 0.05) is 23.3 Å². The molecule has 1 aliphatic rings. The Morgan fingerprint density at radius 3 is 2.54 bits per heavy atom. The topological polar surface area (TPSA) is 128 Å². The van der Waals surface area contributed by atoms with Crippen molar-refractivity contribution in [3.05, 3.63) is 60.0 Å². The first-order chi connectivity index (χ1) is 16.8. The molecule has 6 N–H and O–H groups in total. The maximum atomic E-state index is 12.4. The number of nitrogens with one attached hydrogen (secondary N) is 2. The number of alkyl halides is 2. The van der Waals surface area contributed by atoms with Gasteiger partial charge in [-0.3, -0.25) is 4.79 Å². The lowest BCUT2D eigenvalue weighted by molar-refractivity contribution is -0.0498. The Morgan fingerprint density at radius 2 is 1.89 bits per heavy atom. The van der Waals surface area contributed by atoms with Crippen molar-refractivity contribution in [3.8, 4) is 16.9 Å². The van der Waals surface area contributed by atoms with E-state index in [9.17, 15) is 13.6 Å². The van der Waals surface area contributed by atoms with Gasteiger partial charge in [-0.2, -0.15) is 8.78 Å². The Bertz CT molecular complexity index is 1190. The highest BCUT2D eigenvalue weighted by atomic mass is 19.3. The van der Waals surface area contributed by atoms with Gasteiger partial charge in [-0.25, -0.2) is 9.97 Å². The molecule has 3 aromatic rings. The van der Waals surface area contributed by atoms with Crippen molar-refractivity contribution in [1.29, 1.82) is 0 Å². The Balaban J connectivity index is 1.54. The van der Waals surface area contributed by atoms with Crippen LogP contribution in [0.4, 0.5) is 26.0 Å². The molecule has 0 saturated heterocycles. The highest BCUT2D eigenvalue weighted by Gasteiger charge is 2.22. The fourth-order valence-corrected chi connectivity index (χ4v) is 4.28. The van der Waals surface area contributed by atoms with Crippen LogP contribution in [0.5, 0.6) is 5.75 Å². The molecule has 0 unspecified atom stereocenters. The second kappa shape index (κ2) is 10.6. The summed E-state index contributed by atoms with van der Waals surface area (Å²) in [7, 11) is 0. The maximum absolute atomic E-state index is 12.4. The quantitative estimate of drug-likeness (QED) is 0.370. The van der Waals surface area contributed by atoms with Crippen LogP contribution >= 0.6 is 0 Å². The largest absolute Gasteiger partial charge is 0.435 e. The SMILES string of the molecule is Cc1nc(Nc2cc(N[C@@H]3CCCC[C@@H]3N)cnc2C(N)=O)ccc1-c1ccc(OC(F)F)cc1. The third-order valence-corrected chi connectivity index (χ3v) is 6.03. The van der Waals surface area contributed by atoms with E-state index in [2.05, 4.69) is 25.3 Å². The van der Waals surface area contributed by atoms with Crippen LogP contribution in [0.2, 0.25) is 0 Å². The number of carbonyl (C=O) groups excluding carboxylic acids is 1. The number of benzene rings is 1. The second-order valence-corrected chi connectivity index (χ2v) is 8.54. The lowest BCUT2D eigenvalue weighted by Gasteiger charge is -2.30. The van der Waals surface area contributed by atoms with Gasteiger partial charge in [-0.1, -0.05) is 25.0 Å². The Hall–Kier alpha value is -3.79. The molecule has 0 spiro atoms. The molecule has 2 aromatic heterocycles. The van der Waals surface area contributed by atoms with Crippen LogP contribution in [-0.2, 0) is 0 Å². The first-order valence-corrected chi connectivity index (χ1v) is 11.4. The Labute approximate surface area is 202 Å². The number of aromatic nitrogens is 2.